The molecule has 1 fully saturated rings. The van der Waals surface area contributed by atoms with E-state index in [1.54, 1.807) is 99.2 Å². The van der Waals surface area contributed by atoms with Crippen LogP contribution in [0.5, 0.6) is 28.7 Å². The number of hydrogen-bond donors (Lipinski definition) is 9. The van der Waals surface area contributed by atoms with E-state index in [1.807, 2.05) is 161 Å². The summed E-state index contributed by atoms with van der Waals surface area (Å²) in [6, 6.07) is 54.1. The predicted octanol–water partition coefficient (Wildman–Crippen LogP) is 12.4. The third-order valence-corrected chi connectivity index (χ3v) is 21.2. The zero-order valence-electron chi connectivity index (χ0n) is 83.8. The Labute approximate surface area is 814 Å². The first kappa shape index (κ1) is 119. The number of methoxy groups -OCH3 is 5. The second-order valence-corrected chi connectivity index (χ2v) is 32.9. The first-order valence-corrected chi connectivity index (χ1v) is 46.4. The van der Waals surface area contributed by atoms with Gasteiger partial charge in [0.2, 0.25) is 5.91 Å². The van der Waals surface area contributed by atoms with Crippen LogP contribution in [0.2, 0.25) is 0 Å². The third-order valence-electron chi connectivity index (χ3n) is 21.2. The minimum atomic E-state index is -0.871. The zero-order chi connectivity index (χ0) is 103. The Hall–Kier alpha value is -12.9. The summed E-state index contributed by atoms with van der Waals surface area (Å²) in [6.07, 6.45) is 6.78. The second kappa shape index (κ2) is 67.4. The number of carbonyl (C=O) groups is 10. The number of ketones is 2. The summed E-state index contributed by atoms with van der Waals surface area (Å²) in [4.78, 5) is 123. The Morgan fingerprint density at radius 3 is 1.28 bits per heavy atom. The lowest BCUT2D eigenvalue weighted by Crippen LogP contribution is -2.38. The van der Waals surface area contributed by atoms with Crippen molar-refractivity contribution in [2.75, 3.05) is 88.5 Å². The van der Waals surface area contributed by atoms with Crippen molar-refractivity contribution in [2.45, 2.75) is 223 Å². The van der Waals surface area contributed by atoms with Gasteiger partial charge in [0.15, 0.2) is 11.5 Å². The molecule has 11 rings (SSSR count). The fourth-order valence-corrected chi connectivity index (χ4v) is 13.4. The average Bonchev–Trinajstić information content (AvgIpc) is 1.62. The molecule has 3 aliphatic heterocycles. The van der Waals surface area contributed by atoms with E-state index in [2.05, 4.69) is 58.2 Å². The van der Waals surface area contributed by atoms with Crippen LogP contribution in [0.1, 0.15) is 198 Å². The minimum Gasteiger partial charge on any atom is -0.503 e. The fourth-order valence-electron chi connectivity index (χ4n) is 13.4. The van der Waals surface area contributed by atoms with Crippen molar-refractivity contribution < 1.29 is 106 Å². The molecule has 0 radical (unpaired) electrons. The number of carbonyl (C=O) groups excluding carboxylic acids is 10. The molecule has 1 aromatic heterocycles. The molecule has 4 heterocycles. The molecule has 4 unspecified atom stereocenters. The van der Waals surface area contributed by atoms with Gasteiger partial charge in [0.25, 0.3) is 11.8 Å². The number of hydrogen-bond acceptors (Lipinski definition) is 27. The van der Waals surface area contributed by atoms with E-state index in [0.29, 0.717) is 109 Å². The van der Waals surface area contributed by atoms with E-state index in [9.17, 15) is 58.2 Å². The fraction of sp³-hybridized carbons (Fsp3) is 0.457. The highest BCUT2D eigenvalue weighted by molar-refractivity contribution is 6.32. The highest BCUT2D eigenvalue weighted by atomic mass is 16.6. The summed E-state index contributed by atoms with van der Waals surface area (Å²) in [7, 11) is 11.5. The lowest BCUT2D eigenvalue weighted by Gasteiger charge is -2.27. The van der Waals surface area contributed by atoms with Crippen LogP contribution < -0.4 is 51.3 Å². The van der Waals surface area contributed by atoms with Gasteiger partial charge in [-0.3, -0.25) is 49.5 Å². The summed E-state index contributed by atoms with van der Waals surface area (Å²) < 4.78 is 41.4. The Balaban J connectivity index is 0.000000411. The number of nitrogens with two attached hydrogens (primary N) is 2. The van der Waals surface area contributed by atoms with Gasteiger partial charge in [-0.15, -0.1) is 0 Å². The monoisotopic (exact) mass is 1920 g/mol. The van der Waals surface area contributed by atoms with E-state index in [0.717, 1.165) is 119 Å². The number of aliphatic hydroxyl groups is 4. The number of rotatable bonds is 36. The van der Waals surface area contributed by atoms with Crippen LogP contribution in [0.25, 0.3) is 0 Å². The van der Waals surface area contributed by atoms with Crippen molar-refractivity contribution in [1.82, 2.24) is 45.4 Å². The topological polar surface area (TPSA) is 444 Å². The molecule has 0 saturated carbocycles. The molecule has 4 atom stereocenters. The van der Waals surface area contributed by atoms with Crippen LogP contribution in [-0.4, -0.2) is 222 Å². The van der Waals surface area contributed by atoms with E-state index in [-0.39, 0.29) is 66.9 Å². The van der Waals surface area contributed by atoms with Crippen LogP contribution in [0.4, 0.5) is 0 Å². The Morgan fingerprint density at radius 2 is 0.906 bits per heavy atom. The van der Waals surface area contributed by atoms with E-state index >= 15 is 0 Å². The first-order valence-electron chi connectivity index (χ1n) is 46.4. The number of nitrogens with zero attached hydrogens (tertiary/aromatic N) is 6. The van der Waals surface area contributed by atoms with E-state index < -0.39 is 47.6 Å². The number of Topliss-reactive ketones (excluding diaryl/α,β-unsaturated/α-hetero) is 2. The standard InChI is InChI=1S/C17H25NO5.C17H23NO5.C16H19N3O2.C15H17NO4.C13H19NO2.C13H21NO.C8H11NO.C5H8O2.CH6N2/c2*1-4-23-17(21)16(20)18(11-5-6-13(2)19)12-14-7-9-15(22-3)10-8-14;1-11-14-8-9-19(16(20)15(14)18(2)17-11)10-12-4-6-13(21-3)7-5-12;1-10(17)13-7-8-16(15(19)14(13)18)9-11-3-5-12(20-2)6-4-11;1-10-3-6-12(7-4-10)9-14-13(16)8-5-11(2)15;1-11-5-7-13(8-6-11)10-14-9-3-4-12(2)15;1-10-8-4-2-7(6-9)3-5-8;1-4-2-3-5(6)7-4;1-3-2/h7-10,13,19H,4-6,11-12H2,1-3H3;7-10H,4-6,11-12H2,1-3H3;4-7H,8-10H2,1-3H3;3-6,18H,7-9H2,1-2H3;3-4,6-7,11,15H,5,8-9H2,1-2H3,(H,14,16);5-8,12,14-15H,3-4,9-10H2,1-2H3;2-5H,6,9H2,1H3;4H,2-3H2,1H3;3H,2H2,1H3. The van der Waals surface area contributed by atoms with Crippen LogP contribution >= 0.6 is 0 Å². The van der Waals surface area contributed by atoms with Gasteiger partial charge < -0.3 is 99.1 Å². The number of aryl methyl sites for hydroxylation is 4. The average molecular weight is 1920 g/mol. The minimum absolute atomic E-state index is 0.0125. The molecule has 756 valence electrons. The van der Waals surface area contributed by atoms with Gasteiger partial charge in [0.1, 0.15) is 40.2 Å². The number of cyclic esters (lactones) is 1. The lowest BCUT2D eigenvalue weighted by atomic mass is 10.0. The molecule has 0 aliphatic carbocycles. The Morgan fingerprint density at radius 1 is 0.522 bits per heavy atom. The zero-order valence-corrected chi connectivity index (χ0v) is 83.8. The number of amides is 5. The van der Waals surface area contributed by atoms with E-state index in [4.69, 9.17) is 53.8 Å². The van der Waals surface area contributed by atoms with Crippen molar-refractivity contribution in [3.63, 3.8) is 0 Å². The van der Waals surface area contributed by atoms with Crippen LogP contribution in [-0.2, 0) is 117 Å². The molecule has 138 heavy (non-hydrogen) atoms. The predicted molar refractivity (Wildman–Crippen MR) is 530 cm³/mol. The number of fused-ring (bicyclic) bond motifs is 1. The van der Waals surface area contributed by atoms with E-state index in [1.165, 1.54) is 45.2 Å². The number of ether oxygens (including phenoxy) is 8. The molecular weight excluding hydrogens is 1770 g/mol. The van der Waals surface area contributed by atoms with Crippen LogP contribution in [0, 0.1) is 20.8 Å². The molecule has 0 spiro atoms. The number of nitrogens with one attached hydrogen (secondary N) is 3. The van der Waals surface area contributed by atoms with Crippen molar-refractivity contribution in [2.24, 2.45) is 18.6 Å². The normalized spacial score (nSPS) is 13.2. The molecular formula is C105H149N11O22. The number of esters is 3. The van der Waals surface area contributed by atoms with Crippen molar-refractivity contribution in [1.29, 1.82) is 0 Å². The SMILES string of the molecule is CC1CCC(=O)O1.CCOC(=O)C(=O)N(CCCC(C)=O)Cc1ccc(OC)cc1.CCOC(=O)C(=O)N(CCCC(C)O)Cc1ccc(OC)cc1.CNN.COc1ccc(CN)cc1.COc1ccc(CN2CCC(C(C)=O)=C(O)C2=O)cc1.COc1ccc(CN2CCc3c(C)nn(C)c3C2=O)cc1.Cc1ccc(CNC(=O)CCC(C)O)cc1.Cc1ccc(CNCCCC(C)O)cc1. The molecule has 11 N–H and O–H groups in total. The molecule has 3 aliphatic rings. The summed E-state index contributed by atoms with van der Waals surface area (Å²) in [5.41, 5.74) is 20.5. The summed E-state index contributed by atoms with van der Waals surface area (Å²) >= 11 is 0. The van der Waals surface area contributed by atoms with Crippen LogP contribution in [0.3, 0.4) is 0 Å². The Kier molecular flexibility index (Phi) is 58.2. The van der Waals surface area contributed by atoms with Crippen molar-refractivity contribution in [3.05, 3.63) is 248 Å². The molecule has 33 nitrogen and oxygen atoms in total. The van der Waals surface area contributed by atoms with Gasteiger partial charge in [-0.25, -0.2) is 9.59 Å². The molecule has 1 saturated heterocycles. The number of hydrazine groups is 1. The number of aromatic nitrogens is 2. The highest BCUT2D eigenvalue weighted by Gasteiger charge is 2.32. The van der Waals surface area contributed by atoms with Crippen molar-refractivity contribution >= 4 is 59.0 Å². The second-order valence-electron chi connectivity index (χ2n) is 32.9. The molecule has 8 aromatic rings. The van der Waals surface area contributed by atoms with Gasteiger partial charge in [-0.2, -0.15) is 5.10 Å². The third kappa shape index (κ3) is 47.7. The Bertz CT molecular complexity index is 4930. The lowest BCUT2D eigenvalue weighted by molar-refractivity contribution is -0.160. The number of benzene rings is 7. The summed E-state index contributed by atoms with van der Waals surface area (Å²) in [6.45, 7) is 26.2. The molecule has 5 amide bonds. The maximum atomic E-state index is 12.6. The largest absolute Gasteiger partial charge is 0.503 e. The van der Waals surface area contributed by atoms with Crippen molar-refractivity contribution in [3.8, 4) is 28.7 Å². The first-order chi connectivity index (χ1) is 65.9. The molecule has 7 aromatic carbocycles. The maximum Gasteiger partial charge on any atom is 0.397 e. The molecule has 0 bridgehead atoms. The van der Waals surface area contributed by atoms with Crippen LogP contribution in [0.15, 0.2) is 181 Å². The van der Waals surface area contributed by atoms with Gasteiger partial charge in [0.05, 0.1) is 78.9 Å². The highest BCUT2D eigenvalue weighted by Crippen LogP contribution is 2.26. The molecule has 33 heteroatoms. The van der Waals surface area contributed by atoms with Gasteiger partial charge >= 0.3 is 29.7 Å². The maximum absolute atomic E-state index is 12.6. The van der Waals surface area contributed by atoms with Gasteiger partial charge in [0, 0.05) is 109 Å². The number of aliphatic hydroxyl groups excluding tert-OH is 4. The van der Waals surface area contributed by atoms with Gasteiger partial charge in [-0.1, -0.05) is 120 Å². The quantitative estimate of drug-likeness (QED) is 0.00440. The smallest absolute Gasteiger partial charge is 0.397 e. The summed E-state index contributed by atoms with van der Waals surface area (Å²) in [5.74, 6) is 4.32. The summed E-state index contributed by atoms with van der Waals surface area (Å²) in [5, 5.41) is 47.8. The van der Waals surface area contributed by atoms with Gasteiger partial charge in [-0.05, 0) is 247 Å².